The predicted octanol–water partition coefficient (Wildman–Crippen LogP) is 11.2. The van der Waals surface area contributed by atoms with Gasteiger partial charge >= 0.3 is 0 Å². The molecular weight excluding hydrogens is 643 g/mol. The minimum Gasteiger partial charge on any atom is -0.248 e. The van der Waals surface area contributed by atoms with Gasteiger partial charge in [0.1, 0.15) is 8.07 Å². The van der Waals surface area contributed by atoms with Crippen molar-refractivity contribution in [3.63, 3.8) is 0 Å². The van der Waals surface area contributed by atoms with E-state index in [-0.39, 0.29) is 0 Å². The number of fused-ring (bicyclic) bond motifs is 9. The van der Waals surface area contributed by atoms with Crippen LogP contribution in [0.5, 0.6) is 0 Å². The molecule has 10 rings (SSSR count). The summed E-state index contributed by atoms with van der Waals surface area (Å²) in [4.78, 5) is 5.48. The lowest BCUT2D eigenvalue weighted by Gasteiger charge is -2.45. The Morgan fingerprint density at radius 2 is 0.846 bits per heavy atom. The van der Waals surface area contributed by atoms with Crippen LogP contribution in [-0.2, 0) is 5.41 Å². The summed E-state index contributed by atoms with van der Waals surface area (Å²) in [5, 5.41) is 3.04. The van der Waals surface area contributed by atoms with Gasteiger partial charge in [0.05, 0.1) is 16.8 Å². The Morgan fingerprint density at radius 3 is 1.54 bits per heavy atom. The Hall–Kier alpha value is -6.09. The summed E-state index contributed by atoms with van der Waals surface area (Å²) in [5.74, 6) is 0. The molecule has 1 aromatic heterocycles. The Balaban J connectivity index is 1.26. The second-order valence-electron chi connectivity index (χ2n) is 14.7. The third-order valence-electron chi connectivity index (χ3n) is 11.6. The molecule has 1 aliphatic carbocycles. The van der Waals surface area contributed by atoms with Gasteiger partial charge in [0, 0.05) is 11.1 Å². The summed E-state index contributed by atoms with van der Waals surface area (Å²) in [6.45, 7) is 5.03. The van der Waals surface area contributed by atoms with E-state index in [1.807, 2.05) is 0 Å². The lowest BCUT2D eigenvalue weighted by Crippen LogP contribution is -2.63. The molecule has 0 saturated carbocycles. The molecule has 2 heteroatoms. The number of nitrogens with zero attached hydrogens (tertiary/aromatic N) is 1. The van der Waals surface area contributed by atoms with Crippen molar-refractivity contribution in [3.8, 4) is 55.9 Å². The molecule has 1 spiro atoms. The van der Waals surface area contributed by atoms with E-state index in [1.54, 1.807) is 0 Å². The Morgan fingerprint density at radius 1 is 0.365 bits per heavy atom. The second kappa shape index (κ2) is 11.7. The van der Waals surface area contributed by atoms with Crippen LogP contribution in [0.3, 0.4) is 0 Å². The second-order valence-corrected chi connectivity index (χ2v) is 19.0. The van der Waals surface area contributed by atoms with E-state index in [9.17, 15) is 0 Å². The van der Waals surface area contributed by atoms with Gasteiger partial charge in [-0.05, 0) is 84.2 Å². The maximum atomic E-state index is 5.48. The highest BCUT2D eigenvalue weighted by atomic mass is 28.3. The molecule has 246 valence electrons. The van der Waals surface area contributed by atoms with E-state index < -0.39 is 13.5 Å². The highest BCUT2D eigenvalue weighted by Gasteiger charge is 2.54. The van der Waals surface area contributed by atoms with E-state index in [2.05, 4.69) is 201 Å². The standard InChI is InChI=1S/C50H37NSi/c1-52(2)47-29-13-11-26-42(47)50(43-27-12-14-30-48(43)52)41-25-10-9-23-39(41)49-40(24-16-28-44(49)50)46-33-38(32-45(51-46)35-19-7-4-8-20-35)37-22-15-21-36(31-37)34-17-5-3-6-18-34/h3-33H,1-2H3. The van der Waals surface area contributed by atoms with Crippen molar-refractivity contribution in [2.75, 3.05) is 0 Å². The SMILES string of the molecule is C[Si]1(C)c2ccccc2C2(c3ccccc3-c3c(-c4cc(-c5cccc(-c6ccccc6)c5)cc(-c5ccccc5)n4)cccc32)c2ccccc21. The van der Waals surface area contributed by atoms with Crippen molar-refractivity contribution < 1.29 is 0 Å². The summed E-state index contributed by atoms with van der Waals surface area (Å²) >= 11 is 0. The molecule has 0 amide bonds. The topological polar surface area (TPSA) is 12.9 Å². The molecule has 7 aromatic carbocycles. The molecule has 0 saturated heterocycles. The van der Waals surface area contributed by atoms with Crippen LogP contribution >= 0.6 is 0 Å². The third kappa shape index (κ3) is 4.44. The van der Waals surface area contributed by atoms with Crippen molar-refractivity contribution >= 4 is 18.4 Å². The molecule has 2 aliphatic rings. The average molecular weight is 680 g/mol. The first-order valence-electron chi connectivity index (χ1n) is 18.2. The van der Waals surface area contributed by atoms with Gasteiger partial charge in [-0.25, -0.2) is 4.98 Å². The number of hydrogen-bond acceptors (Lipinski definition) is 1. The van der Waals surface area contributed by atoms with Crippen LogP contribution in [0.4, 0.5) is 0 Å². The largest absolute Gasteiger partial charge is 0.248 e. The molecule has 1 aliphatic heterocycles. The Kier molecular flexibility index (Phi) is 6.93. The number of hydrogen-bond donors (Lipinski definition) is 0. The van der Waals surface area contributed by atoms with Crippen LogP contribution in [0.1, 0.15) is 22.3 Å². The maximum Gasteiger partial charge on any atom is 0.113 e. The highest BCUT2D eigenvalue weighted by Crippen LogP contribution is 2.59. The average Bonchev–Trinajstić information content (AvgIpc) is 3.52. The summed E-state index contributed by atoms with van der Waals surface area (Å²) in [6.07, 6.45) is 0. The summed E-state index contributed by atoms with van der Waals surface area (Å²) in [5.41, 5.74) is 16.7. The molecular formula is C50H37NSi. The fourth-order valence-corrected chi connectivity index (χ4v) is 12.4. The number of benzene rings is 7. The van der Waals surface area contributed by atoms with Crippen LogP contribution in [0.25, 0.3) is 55.9 Å². The monoisotopic (exact) mass is 679 g/mol. The van der Waals surface area contributed by atoms with Crippen LogP contribution in [0.2, 0.25) is 13.1 Å². The maximum absolute atomic E-state index is 5.48. The van der Waals surface area contributed by atoms with Crippen molar-refractivity contribution in [3.05, 3.63) is 210 Å². The van der Waals surface area contributed by atoms with Gasteiger partial charge < -0.3 is 0 Å². The van der Waals surface area contributed by atoms with Crippen molar-refractivity contribution in [1.82, 2.24) is 4.98 Å². The number of pyridine rings is 1. The van der Waals surface area contributed by atoms with Crippen molar-refractivity contribution in [2.24, 2.45) is 0 Å². The summed E-state index contributed by atoms with van der Waals surface area (Å²) in [6, 6.07) is 69.3. The molecule has 0 atom stereocenters. The minimum absolute atomic E-state index is 0.415. The van der Waals surface area contributed by atoms with Crippen LogP contribution in [0.15, 0.2) is 188 Å². The summed E-state index contributed by atoms with van der Waals surface area (Å²) < 4.78 is 0. The zero-order chi connectivity index (χ0) is 34.9. The molecule has 8 aromatic rings. The van der Waals surface area contributed by atoms with Gasteiger partial charge in [0.15, 0.2) is 0 Å². The lowest BCUT2D eigenvalue weighted by atomic mass is 9.67. The molecule has 1 nitrogen and oxygen atoms in total. The van der Waals surface area contributed by atoms with Gasteiger partial charge in [-0.1, -0.05) is 183 Å². The molecule has 0 unspecified atom stereocenters. The first kappa shape index (κ1) is 30.7. The fourth-order valence-electron chi connectivity index (χ4n) is 9.22. The zero-order valence-electron chi connectivity index (χ0n) is 29.3. The molecule has 0 bridgehead atoms. The van der Waals surface area contributed by atoms with Crippen molar-refractivity contribution in [1.29, 1.82) is 0 Å². The minimum atomic E-state index is -1.98. The van der Waals surface area contributed by atoms with E-state index in [0.717, 1.165) is 28.1 Å². The van der Waals surface area contributed by atoms with E-state index in [4.69, 9.17) is 4.98 Å². The number of rotatable bonds is 4. The van der Waals surface area contributed by atoms with E-state index in [0.29, 0.717) is 0 Å². The smallest absolute Gasteiger partial charge is 0.113 e. The molecule has 0 radical (unpaired) electrons. The fraction of sp³-hybridized carbons (Fsp3) is 0.0600. The lowest BCUT2D eigenvalue weighted by molar-refractivity contribution is 0.773. The first-order valence-corrected chi connectivity index (χ1v) is 21.2. The van der Waals surface area contributed by atoms with Gasteiger partial charge in [0.25, 0.3) is 0 Å². The van der Waals surface area contributed by atoms with Crippen LogP contribution in [0, 0.1) is 0 Å². The van der Waals surface area contributed by atoms with Gasteiger partial charge in [-0.3, -0.25) is 0 Å². The molecule has 0 fully saturated rings. The quantitative estimate of drug-likeness (QED) is 0.169. The molecule has 52 heavy (non-hydrogen) atoms. The Labute approximate surface area is 307 Å². The normalized spacial score (nSPS) is 14.3. The first-order chi connectivity index (χ1) is 25.5. The predicted molar refractivity (Wildman–Crippen MR) is 220 cm³/mol. The van der Waals surface area contributed by atoms with E-state index >= 15 is 0 Å². The molecule has 0 N–H and O–H groups in total. The van der Waals surface area contributed by atoms with Gasteiger partial charge in [-0.15, -0.1) is 0 Å². The Bertz CT molecular complexity index is 2610. The molecule has 2 heterocycles. The zero-order valence-corrected chi connectivity index (χ0v) is 30.3. The van der Waals surface area contributed by atoms with Gasteiger partial charge in [0.2, 0.25) is 0 Å². The van der Waals surface area contributed by atoms with Gasteiger partial charge in [-0.2, -0.15) is 0 Å². The van der Waals surface area contributed by atoms with Crippen LogP contribution in [-0.4, -0.2) is 13.1 Å². The van der Waals surface area contributed by atoms with Crippen LogP contribution < -0.4 is 10.4 Å². The third-order valence-corrected chi connectivity index (χ3v) is 15.1. The van der Waals surface area contributed by atoms with E-state index in [1.165, 1.54) is 60.4 Å². The summed E-state index contributed by atoms with van der Waals surface area (Å²) in [7, 11) is -1.98. The number of aromatic nitrogens is 1. The van der Waals surface area contributed by atoms with Crippen molar-refractivity contribution in [2.45, 2.75) is 18.5 Å². The highest BCUT2D eigenvalue weighted by molar-refractivity contribution is 7.01.